The summed E-state index contributed by atoms with van der Waals surface area (Å²) in [4.78, 5) is -0.300. The van der Waals surface area contributed by atoms with Gasteiger partial charge in [-0.3, -0.25) is 5.01 Å². The molecule has 0 saturated carbocycles. The fraction of sp³-hybridized carbons (Fsp3) is 0.188. The van der Waals surface area contributed by atoms with Gasteiger partial charge in [0.25, 0.3) is 0 Å². The first kappa shape index (κ1) is 20.1. The topological polar surface area (TPSA) is 75.8 Å². The number of hydrogen-bond acceptors (Lipinski definition) is 4. The Morgan fingerprint density at radius 1 is 1.00 bits per heavy atom. The summed E-state index contributed by atoms with van der Waals surface area (Å²) in [5.74, 6) is -4.93. The van der Waals surface area contributed by atoms with Crippen molar-refractivity contribution in [1.82, 2.24) is 0 Å². The van der Waals surface area contributed by atoms with Crippen LogP contribution >= 0.6 is 0 Å². The molecule has 0 radical (unpaired) electrons. The average Bonchev–Trinajstić information content (AvgIpc) is 3.04. The number of rotatable bonds is 3. The van der Waals surface area contributed by atoms with E-state index in [4.69, 9.17) is 5.14 Å². The minimum atomic E-state index is -4.83. The number of nitrogens with two attached hydrogens (primary N) is 1. The van der Waals surface area contributed by atoms with Gasteiger partial charge >= 0.3 is 6.18 Å². The summed E-state index contributed by atoms with van der Waals surface area (Å²) in [5.41, 5.74) is -1.81. The smallest absolute Gasteiger partial charge is 0.257 e. The normalized spacial score (nSPS) is 17.8. The minimum Gasteiger partial charge on any atom is -0.257 e. The monoisotopic (exact) mass is 423 g/mol. The SMILES string of the molecule is NS(=O)(=O)c1ccc(N2N=C(C(F)(F)F)C[C@H]2c2ccc(F)c(F)c2F)cc1. The number of hydrogen-bond donors (Lipinski definition) is 1. The zero-order valence-corrected chi connectivity index (χ0v) is 14.5. The van der Waals surface area contributed by atoms with Crippen molar-refractivity contribution in [3.05, 3.63) is 59.4 Å². The Morgan fingerprint density at radius 3 is 2.14 bits per heavy atom. The summed E-state index contributed by atoms with van der Waals surface area (Å²) in [5, 5.41) is 9.17. The molecule has 0 amide bonds. The van der Waals surface area contributed by atoms with Gasteiger partial charge in [-0.15, -0.1) is 0 Å². The lowest BCUT2D eigenvalue weighted by Crippen LogP contribution is -2.22. The van der Waals surface area contributed by atoms with E-state index in [1.54, 1.807) is 0 Å². The van der Waals surface area contributed by atoms with Crippen molar-refractivity contribution >= 4 is 21.4 Å². The quantitative estimate of drug-likeness (QED) is 0.605. The highest BCUT2D eigenvalue weighted by Gasteiger charge is 2.44. The number of halogens is 6. The Balaban J connectivity index is 2.09. The van der Waals surface area contributed by atoms with Gasteiger partial charge in [0.15, 0.2) is 17.5 Å². The maximum atomic E-state index is 14.2. The lowest BCUT2D eigenvalue weighted by molar-refractivity contribution is -0.0600. The van der Waals surface area contributed by atoms with E-state index in [-0.39, 0.29) is 10.6 Å². The standard InChI is InChI=1S/C16H11F6N3O2S/c17-11-6-5-10(14(18)15(11)19)12-7-13(16(20,21)22)24-25(12)8-1-3-9(4-2-8)28(23,26)27/h1-6,12H,7H2,(H2,23,26,27)/t12-/m0/s1. The number of primary sulfonamides is 1. The summed E-state index contributed by atoms with van der Waals surface area (Å²) in [6.07, 6.45) is -5.65. The number of sulfonamides is 1. The first-order valence-corrected chi connectivity index (χ1v) is 9.14. The number of benzene rings is 2. The molecule has 0 unspecified atom stereocenters. The van der Waals surface area contributed by atoms with E-state index in [2.05, 4.69) is 5.10 Å². The molecule has 1 atom stereocenters. The molecule has 12 heteroatoms. The van der Waals surface area contributed by atoms with Crippen molar-refractivity contribution in [2.75, 3.05) is 5.01 Å². The van der Waals surface area contributed by atoms with Crippen LogP contribution in [-0.2, 0) is 10.0 Å². The van der Waals surface area contributed by atoms with Crippen LogP contribution in [0.15, 0.2) is 46.4 Å². The van der Waals surface area contributed by atoms with E-state index in [0.717, 1.165) is 35.3 Å². The molecular weight excluding hydrogens is 412 g/mol. The van der Waals surface area contributed by atoms with E-state index in [9.17, 15) is 34.8 Å². The van der Waals surface area contributed by atoms with Gasteiger partial charge in [0.2, 0.25) is 10.0 Å². The summed E-state index contributed by atoms with van der Waals surface area (Å²) in [6, 6.07) is 4.31. The number of nitrogens with zero attached hydrogens (tertiary/aromatic N) is 2. The second kappa shape index (κ2) is 6.78. The first-order chi connectivity index (χ1) is 12.9. The molecule has 0 aromatic heterocycles. The zero-order valence-electron chi connectivity index (χ0n) is 13.7. The molecule has 0 bridgehead atoms. The average molecular weight is 423 g/mol. The van der Waals surface area contributed by atoms with Gasteiger partial charge in [0.1, 0.15) is 5.71 Å². The zero-order chi connectivity index (χ0) is 20.9. The maximum Gasteiger partial charge on any atom is 0.431 e. The van der Waals surface area contributed by atoms with E-state index in [0.29, 0.717) is 6.07 Å². The van der Waals surface area contributed by atoms with Gasteiger partial charge in [-0.1, -0.05) is 6.07 Å². The highest BCUT2D eigenvalue weighted by atomic mass is 32.2. The molecule has 2 N–H and O–H groups in total. The van der Waals surface area contributed by atoms with Gasteiger partial charge in [-0.05, 0) is 30.3 Å². The van der Waals surface area contributed by atoms with E-state index >= 15 is 0 Å². The summed E-state index contributed by atoms with van der Waals surface area (Å²) in [6.45, 7) is 0. The summed E-state index contributed by atoms with van der Waals surface area (Å²) < 4.78 is 103. The Labute approximate surface area is 155 Å². The third-order valence-electron chi connectivity index (χ3n) is 4.09. The van der Waals surface area contributed by atoms with E-state index in [1.165, 1.54) is 0 Å². The van der Waals surface area contributed by atoms with Crippen molar-refractivity contribution in [2.24, 2.45) is 10.2 Å². The van der Waals surface area contributed by atoms with Crippen LogP contribution in [-0.4, -0.2) is 20.3 Å². The molecule has 0 fully saturated rings. The van der Waals surface area contributed by atoms with Gasteiger partial charge in [0, 0.05) is 12.0 Å². The predicted octanol–water partition coefficient (Wildman–Crippen LogP) is 3.62. The maximum absolute atomic E-state index is 14.2. The Kier molecular flexibility index (Phi) is 4.88. The molecule has 2 aromatic rings. The highest BCUT2D eigenvalue weighted by Crippen LogP contribution is 2.40. The molecule has 1 aliphatic rings. The molecule has 3 rings (SSSR count). The molecule has 5 nitrogen and oxygen atoms in total. The summed E-state index contributed by atoms with van der Waals surface area (Å²) in [7, 11) is -4.05. The van der Waals surface area contributed by atoms with Crippen LogP contribution in [0.25, 0.3) is 0 Å². The third kappa shape index (κ3) is 3.69. The molecule has 2 aromatic carbocycles. The van der Waals surface area contributed by atoms with Gasteiger partial charge in [-0.25, -0.2) is 26.7 Å². The molecule has 28 heavy (non-hydrogen) atoms. The van der Waals surface area contributed by atoms with Crippen molar-refractivity contribution in [1.29, 1.82) is 0 Å². The van der Waals surface area contributed by atoms with Crippen molar-refractivity contribution < 1.29 is 34.8 Å². The van der Waals surface area contributed by atoms with Crippen LogP contribution in [0.2, 0.25) is 0 Å². The van der Waals surface area contributed by atoms with Gasteiger partial charge in [-0.2, -0.15) is 18.3 Å². The van der Waals surface area contributed by atoms with Crippen molar-refractivity contribution in [3.8, 4) is 0 Å². The second-order valence-electron chi connectivity index (χ2n) is 5.91. The fourth-order valence-corrected chi connectivity index (χ4v) is 3.26. The lowest BCUT2D eigenvalue weighted by atomic mass is 10.00. The highest BCUT2D eigenvalue weighted by molar-refractivity contribution is 7.89. The van der Waals surface area contributed by atoms with Gasteiger partial charge < -0.3 is 0 Å². The molecular formula is C16H11F6N3O2S. The molecule has 1 aliphatic heterocycles. The van der Waals surface area contributed by atoms with Gasteiger partial charge in [0.05, 0.1) is 16.6 Å². The Bertz CT molecular complexity index is 1050. The minimum absolute atomic E-state index is 0.0271. The van der Waals surface area contributed by atoms with Crippen LogP contribution in [0.5, 0.6) is 0 Å². The Morgan fingerprint density at radius 2 is 1.61 bits per heavy atom. The molecule has 0 aliphatic carbocycles. The van der Waals surface area contributed by atoms with E-state index in [1.807, 2.05) is 0 Å². The van der Waals surface area contributed by atoms with Crippen LogP contribution in [0.4, 0.5) is 32.0 Å². The molecule has 1 heterocycles. The predicted molar refractivity (Wildman–Crippen MR) is 87.5 cm³/mol. The second-order valence-corrected chi connectivity index (χ2v) is 7.47. The fourth-order valence-electron chi connectivity index (χ4n) is 2.75. The molecule has 0 saturated heterocycles. The number of hydrazone groups is 1. The van der Waals surface area contributed by atoms with Crippen LogP contribution < -0.4 is 10.1 Å². The molecule has 150 valence electrons. The van der Waals surface area contributed by atoms with Crippen molar-refractivity contribution in [2.45, 2.75) is 23.5 Å². The van der Waals surface area contributed by atoms with Crippen LogP contribution in [0.3, 0.4) is 0 Å². The largest absolute Gasteiger partial charge is 0.431 e. The molecule has 0 spiro atoms. The lowest BCUT2D eigenvalue weighted by Gasteiger charge is -2.24. The third-order valence-corrected chi connectivity index (χ3v) is 5.02. The number of anilines is 1. The van der Waals surface area contributed by atoms with Crippen LogP contribution in [0.1, 0.15) is 18.0 Å². The first-order valence-electron chi connectivity index (χ1n) is 7.59. The number of alkyl halides is 3. The van der Waals surface area contributed by atoms with Crippen molar-refractivity contribution in [3.63, 3.8) is 0 Å². The van der Waals surface area contributed by atoms with E-state index < -0.39 is 57.4 Å². The van der Waals surface area contributed by atoms with Crippen LogP contribution in [0, 0.1) is 17.5 Å². The Hall–Kier alpha value is -2.60. The summed E-state index contributed by atoms with van der Waals surface area (Å²) >= 11 is 0.